The number of carbonyl (C=O) groups excluding carboxylic acids is 1. The van der Waals surface area contributed by atoms with Crippen molar-refractivity contribution in [1.29, 1.82) is 0 Å². The third-order valence-electron chi connectivity index (χ3n) is 3.48. The third-order valence-corrected chi connectivity index (χ3v) is 3.48. The highest BCUT2D eigenvalue weighted by Gasteiger charge is 2.06. The van der Waals surface area contributed by atoms with Crippen LogP contribution in [0, 0.1) is 10.1 Å². The van der Waals surface area contributed by atoms with Gasteiger partial charge in [0.1, 0.15) is 0 Å². The van der Waals surface area contributed by atoms with Crippen molar-refractivity contribution in [2.75, 3.05) is 6.54 Å². The zero-order chi connectivity index (χ0) is 16.7. The molecule has 5 nitrogen and oxygen atoms in total. The van der Waals surface area contributed by atoms with Gasteiger partial charge < -0.3 is 5.32 Å². The lowest BCUT2D eigenvalue weighted by Gasteiger charge is -2.11. The Morgan fingerprint density at radius 1 is 1.17 bits per heavy atom. The fraction of sp³-hybridized carbons (Fsp3) is 0.167. The van der Waals surface area contributed by atoms with Crippen LogP contribution in [-0.2, 0) is 4.79 Å². The van der Waals surface area contributed by atoms with E-state index in [9.17, 15) is 14.9 Å². The van der Waals surface area contributed by atoms with Crippen LogP contribution < -0.4 is 5.32 Å². The Kier molecular flexibility index (Phi) is 5.63. The Bertz CT molecular complexity index is 694. The van der Waals surface area contributed by atoms with E-state index in [0.29, 0.717) is 6.54 Å². The van der Waals surface area contributed by atoms with E-state index in [4.69, 9.17) is 0 Å². The smallest absolute Gasteiger partial charge is 0.269 e. The van der Waals surface area contributed by atoms with Crippen molar-refractivity contribution in [2.45, 2.75) is 12.8 Å². The second kappa shape index (κ2) is 7.89. The van der Waals surface area contributed by atoms with Crippen molar-refractivity contribution in [1.82, 2.24) is 5.32 Å². The van der Waals surface area contributed by atoms with Crippen molar-refractivity contribution in [3.8, 4) is 0 Å². The summed E-state index contributed by atoms with van der Waals surface area (Å²) in [6.45, 7) is 2.60. The van der Waals surface area contributed by atoms with E-state index >= 15 is 0 Å². The highest BCUT2D eigenvalue weighted by molar-refractivity contribution is 5.91. The molecule has 2 aromatic carbocycles. The Morgan fingerprint density at radius 3 is 2.43 bits per heavy atom. The molecule has 118 valence electrons. The van der Waals surface area contributed by atoms with Gasteiger partial charge in [0.25, 0.3) is 5.69 Å². The van der Waals surface area contributed by atoms with E-state index in [2.05, 4.69) is 12.2 Å². The predicted octanol–water partition coefficient (Wildman–Crippen LogP) is 3.53. The highest BCUT2D eigenvalue weighted by atomic mass is 16.6. The molecule has 1 amide bonds. The molecule has 0 spiro atoms. The number of nitro benzene ring substituents is 1. The highest BCUT2D eigenvalue weighted by Crippen LogP contribution is 2.14. The lowest BCUT2D eigenvalue weighted by molar-refractivity contribution is -0.384. The van der Waals surface area contributed by atoms with E-state index in [1.807, 2.05) is 30.3 Å². The minimum Gasteiger partial charge on any atom is -0.352 e. The van der Waals surface area contributed by atoms with Crippen LogP contribution in [0.15, 0.2) is 60.7 Å². The van der Waals surface area contributed by atoms with Crippen molar-refractivity contribution in [2.24, 2.45) is 0 Å². The first-order chi connectivity index (χ1) is 11.1. The van der Waals surface area contributed by atoms with Gasteiger partial charge in [-0.15, -0.1) is 0 Å². The van der Waals surface area contributed by atoms with Gasteiger partial charge in [-0.05, 0) is 35.3 Å². The number of nitrogens with zero attached hydrogens (tertiary/aromatic N) is 1. The molecular weight excluding hydrogens is 292 g/mol. The number of hydrogen-bond donors (Lipinski definition) is 1. The van der Waals surface area contributed by atoms with Crippen LogP contribution in [0.1, 0.15) is 24.0 Å². The summed E-state index contributed by atoms with van der Waals surface area (Å²) in [5.74, 6) is 0.0408. The number of nitrogens with one attached hydrogen (secondary N) is 1. The molecule has 0 saturated heterocycles. The monoisotopic (exact) mass is 310 g/mol. The lowest BCUT2D eigenvalue weighted by atomic mass is 10.0. The molecule has 1 atom stereocenters. The van der Waals surface area contributed by atoms with E-state index in [1.54, 1.807) is 18.2 Å². The van der Waals surface area contributed by atoms with Crippen molar-refractivity contribution >= 4 is 17.7 Å². The normalized spacial score (nSPS) is 12.0. The van der Waals surface area contributed by atoms with Crippen LogP contribution in [0.3, 0.4) is 0 Å². The second-order valence-electron chi connectivity index (χ2n) is 5.24. The summed E-state index contributed by atoms with van der Waals surface area (Å²) in [6, 6.07) is 16.0. The van der Waals surface area contributed by atoms with Gasteiger partial charge >= 0.3 is 0 Å². The Balaban J connectivity index is 1.85. The fourth-order valence-electron chi connectivity index (χ4n) is 2.09. The minimum atomic E-state index is -0.453. The van der Waals surface area contributed by atoms with Gasteiger partial charge in [0.15, 0.2) is 0 Å². The molecule has 0 aliphatic heterocycles. The third kappa shape index (κ3) is 5.07. The van der Waals surface area contributed by atoms with Gasteiger partial charge in [-0.3, -0.25) is 14.9 Å². The summed E-state index contributed by atoms with van der Waals surface area (Å²) in [7, 11) is 0. The fourth-order valence-corrected chi connectivity index (χ4v) is 2.09. The molecule has 2 rings (SSSR count). The summed E-state index contributed by atoms with van der Waals surface area (Å²) >= 11 is 0. The molecule has 23 heavy (non-hydrogen) atoms. The van der Waals surface area contributed by atoms with E-state index in [0.717, 1.165) is 5.56 Å². The largest absolute Gasteiger partial charge is 0.352 e. The van der Waals surface area contributed by atoms with Crippen LogP contribution in [0.5, 0.6) is 0 Å². The summed E-state index contributed by atoms with van der Waals surface area (Å²) in [5, 5.41) is 13.4. The summed E-state index contributed by atoms with van der Waals surface area (Å²) in [5.41, 5.74) is 1.94. The molecule has 0 aliphatic carbocycles. The number of rotatable bonds is 6. The second-order valence-corrected chi connectivity index (χ2v) is 5.24. The van der Waals surface area contributed by atoms with E-state index < -0.39 is 4.92 Å². The number of carbonyl (C=O) groups is 1. The van der Waals surface area contributed by atoms with Gasteiger partial charge in [-0.25, -0.2) is 0 Å². The lowest BCUT2D eigenvalue weighted by Crippen LogP contribution is -2.25. The molecule has 1 N–H and O–H groups in total. The predicted molar refractivity (Wildman–Crippen MR) is 90.0 cm³/mol. The number of non-ortho nitro benzene ring substituents is 1. The van der Waals surface area contributed by atoms with Gasteiger partial charge in [0, 0.05) is 24.8 Å². The standard InChI is InChI=1S/C18H18N2O3/c1-14(16-5-3-2-4-6-16)13-19-18(21)12-9-15-7-10-17(11-8-15)20(22)23/h2-12,14H,13H2,1H3,(H,19,21)/b12-9+/t14-/m0/s1. The zero-order valence-electron chi connectivity index (χ0n) is 12.8. The van der Waals surface area contributed by atoms with Crippen molar-refractivity contribution < 1.29 is 9.72 Å². The Morgan fingerprint density at radius 2 is 1.83 bits per heavy atom. The number of amides is 1. The molecule has 0 aromatic heterocycles. The molecule has 5 heteroatoms. The van der Waals surface area contributed by atoms with Crippen molar-refractivity contribution in [3.05, 3.63) is 81.9 Å². The molecule has 2 aromatic rings. The average molecular weight is 310 g/mol. The summed E-state index contributed by atoms with van der Waals surface area (Å²) in [4.78, 5) is 21.9. The Hall–Kier alpha value is -2.95. The van der Waals surface area contributed by atoms with Gasteiger partial charge in [-0.2, -0.15) is 0 Å². The SMILES string of the molecule is C[C@@H](CNC(=O)/C=C/c1ccc([N+](=O)[O-])cc1)c1ccccc1. The topological polar surface area (TPSA) is 72.2 Å². The van der Waals surface area contributed by atoms with Crippen LogP contribution in [-0.4, -0.2) is 17.4 Å². The first-order valence-electron chi connectivity index (χ1n) is 7.31. The quantitative estimate of drug-likeness (QED) is 0.504. The molecule has 0 saturated carbocycles. The minimum absolute atomic E-state index is 0.0308. The molecular formula is C18H18N2O3. The zero-order valence-corrected chi connectivity index (χ0v) is 12.8. The van der Waals surface area contributed by atoms with Crippen molar-refractivity contribution in [3.63, 3.8) is 0 Å². The molecule has 0 bridgehead atoms. The van der Waals surface area contributed by atoms with Crippen LogP contribution in [0.4, 0.5) is 5.69 Å². The molecule has 0 aliphatic rings. The first kappa shape index (κ1) is 16.4. The number of hydrogen-bond acceptors (Lipinski definition) is 3. The maximum atomic E-state index is 11.8. The average Bonchev–Trinajstić information content (AvgIpc) is 2.59. The van der Waals surface area contributed by atoms with E-state index in [-0.39, 0.29) is 17.5 Å². The van der Waals surface area contributed by atoms with Crippen LogP contribution >= 0.6 is 0 Å². The van der Waals surface area contributed by atoms with Gasteiger partial charge in [-0.1, -0.05) is 37.3 Å². The molecule has 0 unspecified atom stereocenters. The van der Waals surface area contributed by atoms with Gasteiger partial charge in [0.05, 0.1) is 4.92 Å². The maximum absolute atomic E-state index is 11.8. The summed E-state index contributed by atoms with van der Waals surface area (Å²) < 4.78 is 0. The van der Waals surface area contributed by atoms with Crippen LogP contribution in [0.25, 0.3) is 6.08 Å². The first-order valence-corrected chi connectivity index (χ1v) is 7.31. The molecule has 0 radical (unpaired) electrons. The Labute approximate surface area is 134 Å². The summed E-state index contributed by atoms with van der Waals surface area (Å²) in [6.07, 6.45) is 3.06. The maximum Gasteiger partial charge on any atom is 0.269 e. The number of nitro groups is 1. The van der Waals surface area contributed by atoms with E-state index in [1.165, 1.54) is 23.8 Å². The molecule has 0 heterocycles. The van der Waals surface area contributed by atoms with Gasteiger partial charge in [0.2, 0.25) is 5.91 Å². The molecule has 0 fully saturated rings. The number of benzene rings is 2. The van der Waals surface area contributed by atoms with Crippen LogP contribution in [0.2, 0.25) is 0 Å².